The van der Waals surface area contributed by atoms with Gasteiger partial charge in [0.05, 0.1) is 16.7 Å². The molecule has 0 aromatic carbocycles. The van der Waals surface area contributed by atoms with E-state index in [1.54, 1.807) is 31.1 Å². The van der Waals surface area contributed by atoms with Crippen molar-refractivity contribution in [2.24, 2.45) is 16.1 Å². The fraction of sp³-hybridized carbons (Fsp3) is 0.423. The van der Waals surface area contributed by atoms with Crippen LogP contribution in [0, 0.1) is 12.3 Å². The van der Waals surface area contributed by atoms with E-state index in [-0.39, 0.29) is 16.9 Å². The summed E-state index contributed by atoms with van der Waals surface area (Å²) in [5.74, 6) is 1.19. The number of hydrogen-bond acceptors (Lipinski definition) is 7. The van der Waals surface area contributed by atoms with Gasteiger partial charge in [0, 0.05) is 38.0 Å². The van der Waals surface area contributed by atoms with Crippen molar-refractivity contribution in [1.82, 2.24) is 9.88 Å². The number of hydrogen-bond donors (Lipinski definition) is 3. The van der Waals surface area contributed by atoms with Crippen LogP contribution in [-0.2, 0) is 4.79 Å². The molecule has 1 aromatic heterocycles. The van der Waals surface area contributed by atoms with Gasteiger partial charge in [0.25, 0.3) is 0 Å². The summed E-state index contributed by atoms with van der Waals surface area (Å²) in [4.78, 5) is 23.1. The summed E-state index contributed by atoms with van der Waals surface area (Å²) in [6.07, 6.45) is 8.80. The third kappa shape index (κ3) is 5.98. The number of nitrogens with one attached hydrogen (secondary N) is 1. The van der Waals surface area contributed by atoms with Crippen molar-refractivity contribution in [2.75, 3.05) is 18.9 Å². The summed E-state index contributed by atoms with van der Waals surface area (Å²) in [5, 5.41) is 14.7. The van der Waals surface area contributed by atoms with Gasteiger partial charge >= 0.3 is 0 Å². The van der Waals surface area contributed by atoms with E-state index in [1.165, 1.54) is 11.8 Å². The van der Waals surface area contributed by atoms with E-state index in [4.69, 9.17) is 5.73 Å². The molecule has 2 unspecified atom stereocenters. The Morgan fingerprint density at radius 2 is 2.24 bits per heavy atom. The van der Waals surface area contributed by atoms with Gasteiger partial charge in [0.15, 0.2) is 0 Å². The summed E-state index contributed by atoms with van der Waals surface area (Å²) in [7, 11) is 1.77. The van der Waals surface area contributed by atoms with E-state index in [2.05, 4.69) is 35.4 Å². The van der Waals surface area contributed by atoms with Crippen molar-refractivity contribution < 1.29 is 9.90 Å². The van der Waals surface area contributed by atoms with Gasteiger partial charge in [0.2, 0.25) is 5.91 Å². The molecular weight excluding hydrogens is 446 g/mol. The molecule has 1 amide bonds. The third-order valence-corrected chi connectivity index (χ3v) is 7.54. The monoisotopic (exact) mass is 481 g/mol. The Morgan fingerprint density at radius 3 is 2.85 bits per heavy atom. The first-order valence-corrected chi connectivity index (χ1v) is 12.1. The lowest BCUT2D eigenvalue weighted by molar-refractivity contribution is -0.125. The highest BCUT2D eigenvalue weighted by Gasteiger charge is 2.65. The first kappa shape index (κ1) is 25.8. The number of aromatic nitrogens is 1. The predicted octanol–water partition coefficient (Wildman–Crippen LogP) is 4.14. The zero-order chi connectivity index (χ0) is 25.1. The van der Waals surface area contributed by atoms with Crippen LogP contribution in [0.2, 0.25) is 0 Å². The number of aryl methyl sites for hydroxylation is 1. The molecule has 2 aliphatic rings. The number of aliphatic hydroxyl groups excluding tert-OH is 1. The van der Waals surface area contributed by atoms with Crippen molar-refractivity contribution >= 4 is 28.5 Å². The van der Waals surface area contributed by atoms with Crippen LogP contribution >= 0.6 is 11.8 Å². The zero-order valence-corrected chi connectivity index (χ0v) is 21.3. The Labute approximate surface area is 206 Å². The first-order valence-electron chi connectivity index (χ1n) is 11.3. The lowest BCUT2D eigenvalue weighted by atomic mass is 9.84. The third-order valence-electron chi connectivity index (χ3n) is 6.47. The zero-order valence-electron chi connectivity index (χ0n) is 20.5. The molecule has 1 aliphatic heterocycles. The highest BCUT2D eigenvalue weighted by Crippen LogP contribution is 2.56. The minimum absolute atomic E-state index is 0.0264. The molecule has 1 aliphatic carbocycles. The number of allylic oxidation sites excluding steroid dienone is 4. The summed E-state index contributed by atoms with van der Waals surface area (Å²) in [6.45, 7) is 14.6. The Bertz CT molecular complexity index is 1080. The standard InChI is InChI=1S/C26H35N5O2S/c1-17-10-11-29-23(12-17)30-22(27)9-7-8-18(2)19(3)34-24(28-6)14-25(5)13-21(33)26(15-25)16-31(26)20(4)32/h7-12,21,33H,2-3,13-16,27H2,1,4-6H3,(H,29,30)/b8-7-,22-9+,28-24?/t21-,25?,26?,31?/m0/s1. The van der Waals surface area contributed by atoms with Gasteiger partial charge in [-0.25, -0.2) is 4.98 Å². The molecule has 1 saturated carbocycles. The highest BCUT2D eigenvalue weighted by atomic mass is 32.2. The van der Waals surface area contributed by atoms with Gasteiger partial charge in [0.1, 0.15) is 11.6 Å². The van der Waals surface area contributed by atoms with Crippen molar-refractivity contribution in [3.05, 3.63) is 71.6 Å². The fourth-order valence-corrected chi connectivity index (χ4v) is 5.70. The second-order valence-electron chi connectivity index (χ2n) is 9.59. The van der Waals surface area contributed by atoms with Gasteiger partial charge in [-0.1, -0.05) is 44.0 Å². The molecule has 182 valence electrons. The second-order valence-corrected chi connectivity index (χ2v) is 10.8. The smallest absolute Gasteiger partial charge is 0.220 e. The average Bonchev–Trinajstić information content (AvgIpc) is 3.42. The quantitative estimate of drug-likeness (QED) is 0.223. The van der Waals surface area contributed by atoms with Crippen LogP contribution < -0.4 is 11.1 Å². The maximum Gasteiger partial charge on any atom is 0.220 e. The topological polar surface area (TPSA) is 104 Å². The highest BCUT2D eigenvalue weighted by molar-refractivity contribution is 8.17. The number of pyridine rings is 1. The van der Waals surface area contributed by atoms with Crippen LogP contribution in [0.4, 0.5) is 5.82 Å². The average molecular weight is 482 g/mol. The minimum Gasteiger partial charge on any atom is -0.391 e. The van der Waals surface area contributed by atoms with Crippen LogP contribution in [0.25, 0.3) is 0 Å². The van der Waals surface area contributed by atoms with Gasteiger partial charge in [-0.2, -0.15) is 0 Å². The summed E-state index contributed by atoms with van der Waals surface area (Å²) in [5.41, 5.74) is 7.38. The van der Waals surface area contributed by atoms with Crippen LogP contribution in [0.5, 0.6) is 0 Å². The van der Waals surface area contributed by atoms with Crippen molar-refractivity contribution in [1.29, 1.82) is 0 Å². The number of carbonyl (C=O) groups is 1. The number of nitrogens with zero attached hydrogens (tertiary/aromatic N) is 3. The van der Waals surface area contributed by atoms with E-state index in [1.807, 2.05) is 31.2 Å². The molecule has 1 spiro atoms. The molecule has 3 atom stereocenters. The Hall–Kier alpha value is -2.84. The molecule has 1 aromatic rings. The van der Waals surface area contributed by atoms with Gasteiger partial charge in [-0.3, -0.25) is 9.79 Å². The van der Waals surface area contributed by atoms with E-state index < -0.39 is 6.10 Å². The van der Waals surface area contributed by atoms with Crippen LogP contribution in [-0.4, -0.2) is 51.2 Å². The largest absolute Gasteiger partial charge is 0.391 e. The number of aliphatic imine (C=N–C) groups is 1. The molecule has 2 heterocycles. The van der Waals surface area contributed by atoms with Gasteiger partial charge in [-0.05, 0) is 54.5 Å². The van der Waals surface area contributed by atoms with Crippen molar-refractivity contribution in [2.45, 2.75) is 51.7 Å². The molecule has 0 radical (unpaired) electrons. The number of aliphatic hydroxyl groups is 1. The molecule has 4 N–H and O–H groups in total. The van der Waals surface area contributed by atoms with E-state index in [0.717, 1.165) is 33.9 Å². The minimum atomic E-state index is -0.494. The Morgan fingerprint density at radius 1 is 1.50 bits per heavy atom. The predicted molar refractivity (Wildman–Crippen MR) is 141 cm³/mol. The molecule has 0 bridgehead atoms. The van der Waals surface area contributed by atoms with Crippen molar-refractivity contribution in [3.8, 4) is 0 Å². The first-order chi connectivity index (χ1) is 16.0. The molecule has 8 heteroatoms. The number of anilines is 1. The van der Waals surface area contributed by atoms with Crippen LogP contribution in [0.3, 0.4) is 0 Å². The Kier molecular flexibility index (Phi) is 7.73. The molecule has 1 saturated heterocycles. The maximum absolute atomic E-state index is 11.8. The fourth-order valence-electron chi connectivity index (χ4n) is 4.71. The van der Waals surface area contributed by atoms with Crippen LogP contribution in [0.15, 0.2) is 71.0 Å². The molecule has 3 rings (SSSR count). The molecular formula is C26H35N5O2S. The summed E-state index contributed by atoms with van der Waals surface area (Å²) < 4.78 is 0. The molecule has 2 fully saturated rings. The van der Waals surface area contributed by atoms with E-state index in [0.29, 0.717) is 24.6 Å². The lowest BCUT2D eigenvalue weighted by Crippen LogP contribution is -2.30. The molecule has 7 nitrogen and oxygen atoms in total. The second kappa shape index (κ2) is 10.2. The summed E-state index contributed by atoms with van der Waals surface area (Å²) >= 11 is 1.50. The number of nitrogens with two attached hydrogens (primary N) is 1. The molecule has 34 heavy (non-hydrogen) atoms. The Balaban J connectivity index is 1.53. The van der Waals surface area contributed by atoms with Gasteiger partial charge in [-0.15, -0.1) is 0 Å². The number of thioether (sulfide) groups is 1. The SMILES string of the molecule is C=C(/C=C\C=C(/N)Nc1cc(C)ccn1)C(=C)SC(CC1(C)C[C@H](O)C2(CN2C(C)=O)C1)=NC. The van der Waals surface area contributed by atoms with Crippen LogP contribution in [0.1, 0.15) is 38.7 Å². The van der Waals surface area contributed by atoms with E-state index in [9.17, 15) is 9.90 Å². The normalized spacial score (nSPS) is 26.9. The maximum atomic E-state index is 11.8. The van der Waals surface area contributed by atoms with Gasteiger partial charge < -0.3 is 21.1 Å². The number of rotatable bonds is 8. The summed E-state index contributed by atoms with van der Waals surface area (Å²) in [6, 6.07) is 3.84. The number of carbonyl (C=O) groups excluding carboxylic acids is 1. The number of amides is 1. The van der Waals surface area contributed by atoms with Crippen molar-refractivity contribution in [3.63, 3.8) is 0 Å². The van der Waals surface area contributed by atoms with E-state index >= 15 is 0 Å². The lowest BCUT2D eigenvalue weighted by Gasteiger charge is -2.24.